The lowest BCUT2D eigenvalue weighted by Crippen LogP contribution is -2.48. The van der Waals surface area contributed by atoms with Crippen LogP contribution in [0, 0.1) is 13.8 Å². The van der Waals surface area contributed by atoms with Crippen molar-refractivity contribution in [1.29, 1.82) is 0 Å². The molecular formula is C21H22F5N7O. The van der Waals surface area contributed by atoms with Crippen LogP contribution in [0.3, 0.4) is 0 Å². The van der Waals surface area contributed by atoms with Crippen LogP contribution in [0.5, 0.6) is 0 Å². The summed E-state index contributed by atoms with van der Waals surface area (Å²) in [5, 5.41) is 3.30. The van der Waals surface area contributed by atoms with E-state index in [-0.39, 0.29) is 11.8 Å². The van der Waals surface area contributed by atoms with Gasteiger partial charge in [0.2, 0.25) is 5.95 Å². The Balaban J connectivity index is 1.46. The highest BCUT2D eigenvalue weighted by Crippen LogP contribution is 2.42. The fourth-order valence-corrected chi connectivity index (χ4v) is 3.64. The summed E-state index contributed by atoms with van der Waals surface area (Å²) in [5.74, 6) is -4.62. The Bertz CT molecular complexity index is 1210. The highest BCUT2D eigenvalue weighted by molar-refractivity contribution is 5.49. The van der Waals surface area contributed by atoms with Gasteiger partial charge in [0, 0.05) is 38.1 Å². The third-order valence-corrected chi connectivity index (χ3v) is 5.65. The standard InChI is InChI=1S/C21H22F5N7O/c1-14-3-5-16(6-4-14)30-9-11-31(12-10-30)18-27-15(2)33(19(34)28-18)13-32-8-7-17(29-32)20(22,23)21(24,25)26/h3-8H,9-13H2,1-2H3. The lowest BCUT2D eigenvalue weighted by Gasteiger charge is -2.36. The molecule has 3 aromatic rings. The van der Waals surface area contributed by atoms with Gasteiger partial charge in [-0.2, -0.15) is 37.0 Å². The van der Waals surface area contributed by atoms with Crippen molar-refractivity contribution in [2.45, 2.75) is 32.6 Å². The molecule has 34 heavy (non-hydrogen) atoms. The van der Waals surface area contributed by atoms with Gasteiger partial charge in [0.15, 0.2) is 0 Å². The van der Waals surface area contributed by atoms with Gasteiger partial charge in [0.1, 0.15) is 18.2 Å². The molecule has 0 atom stereocenters. The lowest BCUT2D eigenvalue weighted by atomic mass is 10.2. The largest absolute Gasteiger partial charge is 0.459 e. The van der Waals surface area contributed by atoms with Crippen molar-refractivity contribution >= 4 is 11.6 Å². The molecule has 0 radical (unpaired) electrons. The molecule has 1 fully saturated rings. The number of anilines is 2. The van der Waals surface area contributed by atoms with Crippen LogP contribution < -0.4 is 15.5 Å². The average molecular weight is 483 g/mol. The Hall–Kier alpha value is -3.51. The van der Waals surface area contributed by atoms with Gasteiger partial charge in [-0.15, -0.1) is 0 Å². The number of aryl methyl sites for hydroxylation is 2. The number of alkyl halides is 5. The molecule has 0 spiro atoms. The van der Waals surface area contributed by atoms with Crippen molar-refractivity contribution in [3.63, 3.8) is 0 Å². The number of halogens is 5. The fourth-order valence-electron chi connectivity index (χ4n) is 3.64. The van der Waals surface area contributed by atoms with E-state index in [2.05, 4.69) is 32.1 Å². The van der Waals surface area contributed by atoms with Gasteiger partial charge in [-0.05, 0) is 32.0 Å². The van der Waals surface area contributed by atoms with E-state index >= 15 is 0 Å². The maximum absolute atomic E-state index is 13.5. The predicted octanol–water partition coefficient (Wildman–Crippen LogP) is 2.94. The topological polar surface area (TPSA) is 72.1 Å². The molecule has 13 heteroatoms. The molecule has 182 valence electrons. The zero-order chi connectivity index (χ0) is 24.7. The molecule has 1 saturated heterocycles. The minimum atomic E-state index is -5.77. The Morgan fingerprint density at radius 3 is 2.09 bits per heavy atom. The van der Waals surface area contributed by atoms with Crippen molar-refractivity contribution in [3.8, 4) is 0 Å². The van der Waals surface area contributed by atoms with Crippen LogP contribution in [0.25, 0.3) is 0 Å². The summed E-state index contributed by atoms with van der Waals surface area (Å²) in [4.78, 5) is 25.0. The molecule has 4 rings (SSSR count). The second-order valence-corrected chi connectivity index (χ2v) is 8.05. The van der Waals surface area contributed by atoms with Gasteiger partial charge in [-0.25, -0.2) is 4.79 Å². The highest BCUT2D eigenvalue weighted by atomic mass is 19.4. The number of nitrogens with zero attached hydrogens (tertiary/aromatic N) is 7. The molecule has 0 amide bonds. The van der Waals surface area contributed by atoms with Gasteiger partial charge in [0.25, 0.3) is 0 Å². The minimum absolute atomic E-state index is 0.232. The molecule has 0 saturated carbocycles. The first kappa shape index (κ1) is 23.6. The molecule has 0 unspecified atom stereocenters. The summed E-state index contributed by atoms with van der Waals surface area (Å²) in [6.45, 7) is 5.74. The summed E-state index contributed by atoms with van der Waals surface area (Å²) in [6, 6.07) is 8.76. The van der Waals surface area contributed by atoms with Crippen LogP contribution in [0.2, 0.25) is 0 Å². The normalized spacial score (nSPS) is 15.1. The van der Waals surface area contributed by atoms with Gasteiger partial charge in [-0.1, -0.05) is 17.7 Å². The van der Waals surface area contributed by atoms with Gasteiger partial charge < -0.3 is 9.80 Å². The second kappa shape index (κ2) is 8.69. The summed E-state index contributed by atoms with van der Waals surface area (Å²) in [6.07, 6.45) is -4.83. The first-order valence-corrected chi connectivity index (χ1v) is 10.5. The molecule has 1 aliphatic heterocycles. The number of hydrogen-bond acceptors (Lipinski definition) is 6. The predicted molar refractivity (Wildman–Crippen MR) is 114 cm³/mol. The van der Waals surface area contributed by atoms with E-state index in [0.717, 1.165) is 21.1 Å². The zero-order valence-electron chi connectivity index (χ0n) is 18.4. The lowest BCUT2D eigenvalue weighted by molar-refractivity contribution is -0.291. The summed E-state index contributed by atoms with van der Waals surface area (Å²) < 4.78 is 66.5. The van der Waals surface area contributed by atoms with E-state index in [4.69, 9.17) is 0 Å². The number of rotatable bonds is 5. The summed E-state index contributed by atoms with van der Waals surface area (Å²) in [7, 11) is 0. The summed E-state index contributed by atoms with van der Waals surface area (Å²) in [5.41, 5.74) is 0.123. The minimum Gasteiger partial charge on any atom is -0.368 e. The maximum Gasteiger partial charge on any atom is 0.459 e. The molecule has 2 aromatic heterocycles. The Morgan fingerprint density at radius 1 is 0.882 bits per heavy atom. The Kier molecular flexibility index (Phi) is 6.04. The zero-order valence-corrected chi connectivity index (χ0v) is 18.4. The van der Waals surface area contributed by atoms with Crippen molar-refractivity contribution in [1.82, 2.24) is 24.3 Å². The van der Waals surface area contributed by atoms with Crippen molar-refractivity contribution in [2.24, 2.45) is 0 Å². The summed E-state index contributed by atoms with van der Waals surface area (Å²) >= 11 is 0. The van der Waals surface area contributed by atoms with Crippen LogP contribution in [-0.4, -0.2) is 56.7 Å². The first-order valence-electron chi connectivity index (χ1n) is 10.5. The molecule has 3 heterocycles. The Labute approximate surface area is 191 Å². The van der Waals surface area contributed by atoms with E-state index in [1.165, 1.54) is 12.5 Å². The van der Waals surface area contributed by atoms with E-state index < -0.39 is 30.2 Å². The smallest absolute Gasteiger partial charge is 0.368 e. The number of piperazine rings is 1. The van der Waals surface area contributed by atoms with Crippen LogP contribution in [0.4, 0.5) is 33.6 Å². The molecule has 1 aromatic carbocycles. The SMILES string of the molecule is Cc1ccc(N2CCN(c3nc(C)n(Cn4ccc(C(F)(F)C(F)(F)F)n4)c(=O)n3)CC2)cc1. The van der Waals surface area contributed by atoms with Crippen LogP contribution in [0.15, 0.2) is 41.3 Å². The number of aromatic nitrogens is 5. The third kappa shape index (κ3) is 4.59. The van der Waals surface area contributed by atoms with Crippen LogP contribution in [-0.2, 0) is 12.6 Å². The van der Waals surface area contributed by atoms with Crippen molar-refractivity contribution < 1.29 is 22.0 Å². The highest BCUT2D eigenvalue weighted by Gasteiger charge is 2.60. The van der Waals surface area contributed by atoms with Gasteiger partial charge in [-0.3, -0.25) is 9.25 Å². The number of benzene rings is 1. The molecule has 0 aliphatic carbocycles. The Morgan fingerprint density at radius 2 is 1.50 bits per heavy atom. The molecular weight excluding hydrogens is 461 g/mol. The van der Waals surface area contributed by atoms with E-state index in [0.29, 0.717) is 32.2 Å². The molecule has 1 aliphatic rings. The quantitative estimate of drug-likeness (QED) is 0.520. The fraction of sp³-hybridized carbons (Fsp3) is 0.429. The first-order chi connectivity index (χ1) is 16.0. The van der Waals surface area contributed by atoms with Crippen molar-refractivity contribution in [2.75, 3.05) is 36.0 Å². The van der Waals surface area contributed by atoms with E-state index in [9.17, 15) is 26.7 Å². The number of hydrogen-bond donors (Lipinski definition) is 0. The molecule has 8 nitrogen and oxygen atoms in total. The maximum atomic E-state index is 13.5. The van der Waals surface area contributed by atoms with Crippen molar-refractivity contribution in [3.05, 3.63) is 64.1 Å². The second-order valence-electron chi connectivity index (χ2n) is 8.05. The van der Waals surface area contributed by atoms with Crippen LogP contribution >= 0.6 is 0 Å². The monoisotopic (exact) mass is 483 g/mol. The van der Waals surface area contributed by atoms with Gasteiger partial charge >= 0.3 is 17.8 Å². The average Bonchev–Trinajstić information content (AvgIpc) is 3.25. The molecule has 0 bridgehead atoms. The van der Waals surface area contributed by atoms with E-state index in [1.54, 1.807) is 0 Å². The van der Waals surface area contributed by atoms with Crippen LogP contribution in [0.1, 0.15) is 17.1 Å². The van der Waals surface area contributed by atoms with E-state index in [1.807, 2.05) is 24.0 Å². The molecule has 0 N–H and O–H groups in total. The van der Waals surface area contributed by atoms with Gasteiger partial charge in [0.05, 0.1) is 0 Å². The third-order valence-electron chi connectivity index (χ3n) is 5.65.